The Hall–Kier alpha value is -3.06. The number of rotatable bonds is 3. The smallest absolute Gasteiger partial charge is 0.0387 e. The summed E-state index contributed by atoms with van der Waals surface area (Å²) in [7, 11) is 0. The van der Waals surface area contributed by atoms with Crippen LogP contribution in [0, 0.1) is 0 Å². The van der Waals surface area contributed by atoms with Gasteiger partial charge < -0.3 is 5.32 Å². The molecule has 1 aliphatic rings. The van der Waals surface area contributed by atoms with Crippen LogP contribution in [0.1, 0.15) is 17.5 Å². The van der Waals surface area contributed by atoms with E-state index in [1.165, 1.54) is 58.0 Å². The minimum Gasteiger partial charge on any atom is -0.356 e. The summed E-state index contributed by atoms with van der Waals surface area (Å²) in [4.78, 5) is 0. The standard InChI is InChI=1S/C25H21N/c1-2-5-21-16-23(9-8-18(21)4-1)20-10-13-24(14-11-20)26-25-15-12-19-6-3-7-22(19)17-25/h1-2,4-5,8-17,26H,3,6-7H2. The Bertz CT molecular complexity index is 1080. The Morgan fingerprint density at radius 3 is 2.15 bits per heavy atom. The average molecular weight is 335 g/mol. The van der Waals surface area contributed by atoms with E-state index >= 15 is 0 Å². The van der Waals surface area contributed by atoms with Gasteiger partial charge in [0.2, 0.25) is 0 Å². The van der Waals surface area contributed by atoms with Crippen LogP contribution in [0.15, 0.2) is 84.9 Å². The van der Waals surface area contributed by atoms with Crippen LogP contribution in [0.3, 0.4) is 0 Å². The number of fused-ring (bicyclic) bond motifs is 2. The first kappa shape index (κ1) is 15.2. The van der Waals surface area contributed by atoms with E-state index in [2.05, 4.69) is 90.2 Å². The fourth-order valence-corrected chi connectivity index (χ4v) is 3.93. The predicted molar refractivity (Wildman–Crippen MR) is 111 cm³/mol. The molecule has 126 valence electrons. The molecule has 5 rings (SSSR count). The monoisotopic (exact) mass is 335 g/mol. The molecule has 1 heteroatoms. The number of hydrogen-bond acceptors (Lipinski definition) is 1. The summed E-state index contributed by atoms with van der Waals surface area (Å²) in [5, 5.41) is 6.11. The third-order valence-corrected chi connectivity index (χ3v) is 5.35. The van der Waals surface area contributed by atoms with E-state index in [1.54, 1.807) is 0 Å². The van der Waals surface area contributed by atoms with Crippen molar-refractivity contribution in [2.75, 3.05) is 5.32 Å². The molecule has 0 spiro atoms. The van der Waals surface area contributed by atoms with E-state index in [4.69, 9.17) is 0 Å². The van der Waals surface area contributed by atoms with E-state index < -0.39 is 0 Å². The normalized spacial score (nSPS) is 12.9. The van der Waals surface area contributed by atoms with Crippen LogP contribution in [0.25, 0.3) is 21.9 Å². The van der Waals surface area contributed by atoms with Crippen LogP contribution in [-0.4, -0.2) is 0 Å². The molecule has 0 heterocycles. The summed E-state index contributed by atoms with van der Waals surface area (Å²) >= 11 is 0. The van der Waals surface area contributed by atoms with Gasteiger partial charge in [-0.05, 0) is 82.6 Å². The minimum atomic E-state index is 1.13. The molecule has 0 fully saturated rings. The van der Waals surface area contributed by atoms with Crippen LogP contribution in [0.4, 0.5) is 11.4 Å². The number of hydrogen-bond donors (Lipinski definition) is 1. The minimum absolute atomic E-state index is 1.13. The fraction of sp³-hybridized carbons (Fsp3) is 0.120. The Morgan fingerprint density at radius 1 is 0.538 bits per heavy atom. The van der Waals surface area contributed by atoms with E-state index in [0.717, 1.165) is 5.69 Å². The van der Waals surface area contributed by atoms with Gasteiger partial charge in [0.1, 0.15) is 0 Å². The lowest BCUT2D eigenvalue weighted by Crippen LogP contribution is -1.92. The zero-order chi connectivity index (χ0) is 17.3. The van der Waals surface area contributed by atoms with Gasteiger partial charge in [-0.3, -0.25) is 0 Å². The molecular weight excluding hydrogens is 314 g/mol. The van der Waals surface area contributed by atoms with Gasteiger partial charge >= 0.3 is 0 Å². The zero-order valence-corrected chi connectivity index (χ0v) is 14.7. The maximum Gasteiger partial charge on any atom is 0.0387 e. The molecule has 0 amide bonds. The molecule has 0 atom stereocenters. The first-order valence-electron chi connectivity index (χ1n) is 9.33. The lowest BCUT2D eigenvalue weighted by molar-refractivity contribution is 0.912. The lowest BCUT2D eigenvalue weighted by Gasteiger charge is -2.10. The maximum atomic E-state index is 3.54. The summed E-state index contributed by atoms with van der Waals surface area (Å²) in [6.07, 6.45) is 3.74. The first-order valence-corrected chi connectivity index (χ1v) is 9.33. The molecule has 1 N–H and O–H groups in total. The molecule has 0 aliphatic heterocycles. The molecule has 0 radical (unpaired) electrons. The van der Waals surface area contributed by atoms with Gasteiger partial charge in [-0.25, -0.2) is 0 Å². The predicted octanol–water partition coefficient (Wildman–Crippen LogP) is 6.74. The highest BCUT2D eigenvalue weighted by Crippen LogP contribution is 2.29. The maximum absolute atomic E-state index is 3.54. The first-order chi connectivity index (χ1) is 12.8. The van der Waals surface area contributed by atoms with Crippen molar-refractivity contribution < 1.29 is 0 Å². The molecule has 0 saturated heterocycles. The van der Waals surface area contributed by atoms with Crippen LogP contribution in [0.5, 0.6) is 0 Å². The van der Waals surface area contributed by atoms with Crippen molar-refractivity contribution in [3.8, 4) is 11.1 Å². The van der Waals surface area contributed by atoms with Gasteiger partial charge in [-0.2, -0.15) is 0 Å². The number of benzene rings is 4. The van der Waals surface area contributed by atoms with Crippen LogP contribution in [-0.2, 0) is 12.8 Å². The van der Waals surface area contributed by atoms with Crippen LogP contribution >= 0.6 is 0 Å². The second-order valence-corrected chi connectivity index (χ2v) is 7.10. The van der Waals surface area contributed by atoms with Crippen molar-refractivity contribution in [1.29, 1.82) is 0 Å². The average Bonchev–Trinajstić information content (AvgIpc) is 3.16. The number of nitrogens with one attached hydrogen (secondary N) is 1. The van der Waals surface area contributed by atoms with Crippen molar-refractivity contribution in [3.05, 3.63) is 96.1 Å². The second kappa shape index (κ2) is 6.34. The molecule has 0 unspecified atom stereocenters. The Balaban J connectivity index is 1.39. The molecule has 4 aromatic rings. The molecule has 1 aliphatic carbocycles. The Labute approximate surface area is 154 Å². The molecule has 0 saturated carbocycles. The molecular formula is C25H21N. The van der Waals surface area contributed by atoms with Crippen molar-refractivity contribution in [1.82, 2.24) is 0 Å². The van der Waals surface area contributed by atoms with Gasteiger partial charge in [0.15, 0.2) is 0 Å². The number of aryl methyl sites for hydroxylation is 2. The SMILES string of the molecule is c1ccc2cc(-c3ccc(Nc4ccc5c(c4)CCC5)cc3)ccc2c1. The highest BCUT2D eigenvalue weighted by molar-refractivity contribution is 5.87. The van der Waals surface area contributed by atoms with E-state index in [9.17, 15) is 0 Å². The van der Waals surface area contributed by atoms with E-state index in [1.807, 2.05) is 0 Å². The summed E-state index contributed by atoms with van der Waals surface area (Å²) < 4.78 is 0. The highest BCUT2D eigenvalue weighted by atomic mass is 14.9. The molecule has 0 aromatic heterocycles. The summed E-state index contributed by atoms with van der Waals surface area (Å²) in [5.41, 5.74) is 7.84. The van der Waals surface area contributed by atoms with Gasteiger partial charge in [0.25, 0.3) is 0 Å². The summed E-state index contributed by atoms with van der Waals surface area (Å²) in [6, 6.07) is 30.7. The van der Waals surface area contributed by atoms with Gasteiger partial charge in [-0.1, -0.05) is 54.6 Å². The highest BCUT2D eigenvalue weighted by Gasteiger charge is 2.10. The van der Waals surface area contributed by atoms with Crippen molar-refractivity contribution in [2.24, 2.45) is 0 Å². The lowest BCUT2D eigenvalue weighted by atomic mass is 10.0. The summed E-state index contributed by atoms with van der Waals surface area (Å²) in [6.45, 7) is 0. The van der Waals surface area contributed by atoms with Crippen LogP contribution in [0.2, 0.25) is 0 Å². The number of anilines is 2. The van der Waals surface area contributed by atoms with Gasteiger partial charge in [0.05, 0.1) is 0 Å². The quantitative estimate of drug-likeness (QED) is 0.437. The van der Waals surface area contributed by atoms with Crippen LogP contribution < -0.4 is 5.32 Å². The Kier molecular flexibility index (Phi) is 3.71. The van der Waals surface area contributed by atoms with Gasteiger partial charge in [-0.15, -0.1) is 0 Å². The Morgan fingerprint density at radius 2 is 1.27 bits per heavy atom. The van der Waals surface area contributed by atoms with Crippen molar-refractivity contribution >= 4 is 22.1 Å². The molecule has 4 aromatic carbocycles. The third kappa shape index (κ3) is 2.86. The second-order valence-electron chi connectivity index (χ2n) is 7.10. The molecule has 0 bridgehead atoms. The van der Waals surface area contributed by atoms with Gasteiger partial charge in [0, 0.05) is 11.4 Å². The largest absolute Gasteiger partial charge is 0.356 e. The molecule has 1 nitrogen and oxygen atoms in total. The third-order valence-electron chi connectivity index (χ3n) is 5.35. The fourth-order valence-electron chi connectivity index (χ4n) is 3.93. The van der Waals surface area contributed by atoms with E-state index in [-0.39, 0.29) is 0 Å². The summed E-state index contributed by atoms with van der Waals surface area (Å²) in [5.74, 6) is 0. The zero-order valence-electron chi connectivity index (χ0n) is 14.7. The molecule has 26 heavy (non-hydrogen) atoms. The topological polar surface area (TPSA) is 12.0 Å². The van der Waals surface area contributed by atoms with Crippen molar-refractivity contribution in [3.63, 3.8) is 0 Å². The van der Waals surface area contributed by atoms with Crippen molar-refractivity contribution in [2.45, 2.75) is 19.3 Å². The van der Waals surface area contributed by atoms with E-state index in [0.29, 0.717) is 0 Å².